The van der Waals surface area contributed by atoms with Crippen molar-refractivity contribution in [3.05, 3.63) is 0 Å². The first kappa shape index (κ1) is 9.01. The minimum absolute atomic E-state index is 0.0664. The van der Waals surface area contributed by atoms with Crippen molar-refractivity contribution in [2.75, 3.05) is 19.6 Å². The molecular formula is C8H13N3O. The number of hydrogen-bond acceptors (Lipinski definition) is 3. The molecule has 0 aromatic heterocycles. The minimum Gasteiger partial charge on any atom is -0.336 e. The predicted octanol–water partition coefficient (Wildman–Crippen LogP) is -0.280. The molecule has 0 aliphatic carbocycles. The molecule has 0 saturated carbocycles. The van der Waals surface area contributed by atoms with Crippen LogP contribution in [0.15, 0.2) is 0 Å². The van der Waals surface area contributed by atoms with E-state index in [4.69, 9.17) is 5.26 Å². The van der Waals surface area contributed by atoms with Crippen LogP contribution in [0, 0.1) is 11.3 Å². The Kier molecular flexibility index (Phi) is 3.06. The molecule has 1 rings (SSSR count). The average molecular weight is 167 g/mol. The molecule has 1 aliphatic rings. The number of nitriles is 1. The van der Waals surface area contributed by atoms with Crippen molar-refractivity contribution in [3.63, 3.8) is 0 Å². The Hall–Kier alpha value is -1.08. The smallest absolute Gasteiger partial charge is 0.219 e. The summed E-state index contributed by atoms with van der Waals surface area (Å²) < 4.78 is 0. The van der Waals surface area contributed by atoms with Gasteiger partial charge in [0.1, 0.15) is 0 Å². The largest absolute Gasteiger partial charge is 0.336 e. The molecule has 4 heteroatoms. The van der Waals surface area contributed by atoms with Gasteiger partial charge in [-0.25, -0.2) is 0 Å². The fourth-order valence-corrected chi connectivity index (χ4v) is 1.46. The molecule has 4 nitrogen and oxygen atoms in total. The number of piperazine rings is 1. The molecule has 0 bridgehead atoms. The fourth-order valence-electron chi connectivity index (χ4n) is 1.46. The van der Waals surface area contributed by atoms with Crippen molar-refractivity contribution in [2.45, 2.75) is 19.4 Å². The summed E-state index contributed by atoms with van der Waals surface area (Å²) in [7, 11) is 0. The van der Waals surface area contributed by atoms with Gasteiger partial charge in [0.25, 0.3) is 0 Å². The van der Waals surface area contributed by atoms with Gasteiger partial charge in [-0.2, -0.15) is 5.26 Å². The summed E-state index contributed by atoms with van der Waals surface area (Å²) in [6.45, 7) is 3.85. The van der Waals surface area contributed by atoms with Crippen molar-refractivity contribution in [1.82, 2.24) is 10.2 Å². The molecule has 1 amide bonds. The second-order valence-electron chi connectivity index (χ2n) is 2.93. The molecule has 0 aromatic rings. The van der Waals surface area contributed by atoms with E-state index in [9.17, 15) is 4.79 Å². The van der Waals surface area contributed by atoms with Crippen molar-refractivity contribution < 1.29 is 4.79 Å². The van der Waals surface area contributed by atoms with Gasteiger partial charge >= 0.3 is 0 Å². The molecule has 66 valence electrons. The number of hydrogen-bond donors (Lipinski definition) is 1. The average Bonchev–Trinajstić information content (AvgIpc) is 2.05. The van der Waals surface area contributed by atoms with Crippen LogP contribution in [0.2, 0.25) is 0 Å². The Balaban J connectivity index is 2.55. The van der Waals surface area contributed by atoms with Crippen molar-refractivity contribution in [3.8, 4) is 6.07 Å². The second kappa shape index (κ2) is 4.07. The summed E-state index contributed by atoms with van der Waals surface area (Å²) in [4.78, 5) is 12.8. The van der Waals surface area contributed by atoms with E-state index >= 15 is 0 Å². The molecule has 1 N–H and O–H groups in total. The Morgan fingerprint density at radius 2 is 2.58 bits per heavy atom. The lowest BCUT2D eigenvalue weighted by Crippen LogP contribution is -2.52. The number of rotatable bonds is 1. The molecule has 1 heterocycles. The maximum atomic E-state index is 11.1. The van der Waals surface area contributed by atoms with Crippen LogP contribution in [-0.2, 0) is 4.79 Å². The molecule has 1 aliphatic heterocycles. The van der Waals surface area contributed by atoms with E-state index < -0.39 is 0 Å². The fraction of sp³-hybridized carbons (Fsp3) is 0.750. The third-order valence-electron chi connectivity index (χ3n) is 2.08. The maximum absolute atomic E-state index is 11.1. The minimum atomic E-state index is 0.0664. The third kappa shape index (κ3) is 1.95. The van der Waals surface area contributed by atoms with E-state index in [0.717, 1.165) is 19.6 Å². The highest BCUT2D eigenvalue weighted by atomic mass is 16.2. The summed E-state index contributed by atoms with van der Waals surface area (Å²) in [6.07, 6.45) is 0.423. The number of carbonyl (C=O) groups excluding carboxylic acids is 1. The Morgan fingerprint density at radius 3 is 3.17 bits per heavy atom. The topological polar surface area (TPSA) is 56.1 Å². The summed E-state index contributed by atoms with van der Waals surface area (Å²) in [6, 6.07) is 2.16. The summed E-state index contributed by atoms with van der Waals surface area (Å²) in [5, 5.41) is 11.7. The van der Waals surface area contributed by atoms with Crippen molar-refractivity contribution in [1.29, 1.82) is 5.26 Å². The van der Waals surface area contributed by atoms with Crippen LogP contribution in [0.5, 0.6) is 0 Å². The molecule has 1 fully saturated rings. The first-order valence-corrected chi connectivity index (χ1v) is 4.10. The number of amides is 1. The number of carbonyl (C=O) groups is 1. The Bertz CT molecular complexity index is 209. The number of nitrogens with zero attached hydrogens (tertiary/aromatic N) is 2. The van der Waals surface area contributed by atoms with E-state index in [2.05, 4.69) is 11.4 Å². The molecule has 1 atom stereocenters. The quantitative estimate of drug-likeness (QED) is 0.584. The van der Waals surface area contributed by atoms with Gasteiger partial charge in [-0.05, 0) is 0 Å². The SMILES string of the molecule is CC(=O)N1CCNCC1CC#N. The van der Waals surface area contributed by atoms with Crippen LogP contribution < -0.4 is 5.32 Å². The molecule has 0 spiro atoms. The Morgan fingerprint density at radius 1 is 1.83 bits per heavy atom. The normalized spacial score (nSPS) is 23.3. The first-order valence-electron chi connectivity index (χ1n) is 4.10. The van der Waals surface area contributed by atoms with Gasteiger partial charge < -0.3 is 10.2 Å². The lowest BCUT2D eigenvalue weighted by atomic mass is 10.1. The van der Waals surface area contributed by atoms with Crippen LogP contribution in [-0.4, -0.2) is 36.5 Å². The van der Waals surface area contributed by atoms with Crippen LogP contribution in [0.25, 0.3) is 0 Å². The highest BCUT2D eigenvalue weighted by molar-refractivity contribution is 5.73. The zero-order valence-corrected chi connectivity index (χ0v) is 7.21. The predicted molar refractivity (Wildman–Crippen MR) is 44.3 cm³/mol. The Labute approximate surface area is 72.2 Å². The summed E-state index contributed by atoms with van der Waals surface area (Å²) in [5.74, 6) is 0.0664. The zero-order valence-electron chi connectivity index (χ0n) is 7.21. The van der Waals surface area contributed by atoms with Gasteiger partial charge in [-0.3, -0.25) is 4.79 Å². The van der Waals surface area contributed by atoms with Gasteiger partial charge in [0.2, 0.25) is 5.91 Å². The maximum Gasteiger partial charge on any atom is 0.219 e. The lowest BCUT2D eigenvalue weighted by molar-refractivity contribution is -0.131. The number of nitrogens with one attached hydrogen (secondary N) is 1. The van der Waals surface area contributed by atoms with Crippen LogP contribution >= 0.6 is 0 Å². The van der Waals surface area contributed by atoms with E-state index in [1.807, 2.05) is 0 Å². The first-order chi connectivity index (χ1) is 5.75. The third-order valence-corrected chi connectivity index (χ3v) is 2.08. The summed E-state index contributed by atoms with van der Waals surface area (Å²) in [5.41, 5.74) is 0. The molecule has 12 heavy (non-hydrogen) atoms. The van der Waals surface area contributed by atoms with Gasteiger partial charge in [0, 0.05) is 26.6 Å². The van der Waals surface area contributed by atoms with E-state index in [1.165, 1.54) is 0 Å². The van der Waals surface area contributed by atoms with Crippen LogP contribution in [0.1, 0.15) is 13.3 Å². The van der Waals surface area contributed by atoms with Gasteiger partial charge in [0.05, 0.1) is 18.5 Å². The monoisotopic (exact) mass is 167 g/mol. The molecule has 0 radical (unpaired) electrons. The molecule has 0 aromatic carbocycles. The van der Waals surface area contributed by atoms with E-state index in [-0.39, 0.29) is 11.9 Å². The molecule has 1 saturated heterocycles. The second-order valence-corrected chi connectivity index (χ2v) is 2.93. The summed E-state index contributed by atoms with van der Waals surface area (Å²) >= 11 is 0. The zero-order chi connectivity index (χ0) is 8.97. The van der Waals surface area contributed by atoms with Gasteiger partial charge in [-0.1, -0.05) is 0 Å². The van der Waals surface area contributed by atoms with E-state index in [1.54, 1.807) is 11.8 Å². The van der Waals surface area contributed by atoms with Crippen molar-refractivity contribution in [2.24, 2.45) is 0 Å². The van der Waals surface area contributed by atoms with Crippen LogP contribution in [0.3, 0.4) is 0 Å². The molecule has 1 unspecified atom stereocenters. The van der Waals surface area contributed by atoms with Crippen LogP contribution in [0.4, 0.5) is 0 Å². The highest BCUT2D eigenvalue weighted by Gasteiger charge is 2.23. The standard InChI is InChI=1S/C8H13N3O/c1-7(12)11-5-4-10-6-8(11)2-3-9/h8,10H,2,4-6H2,1H3. The van der Waals surface area contributed by atoms with Crippen molar-refractivity contribution >= 4 is 5.91 Å². The highest BCUT2D eigenvalue weighted by Crippen LogP contribution is 2.06. The van der Waals surface area contributed by atoms with Gasteiger partial charge in [-0.15, -0.1) is 0 Å². The van der Waals surface area contributed by atoms with Gasteiger partial charge in [0.15, 0.2) is 0 Å². The molecular weight excluding hydrogens is 154 g/mol. The lowest BCUT2D eigenvalue weighted by Gasteiger charge is -2.34. The van der Waals surface area contributed by atoms with E-state index in [0.29, 0.717) is 6.42 Å².